The largest absolute Gasteiger partial charge is 0.343 e. The van der Waals surface area contributed by atoms with E-state index in [0.29, 0.717) is 10.9 Å². The lowest BCUT2D eigenvalue weighted by atomic mass is 9.72. The van der Waals surface area contributed by atoms with Crippen molar-refractivity contribution in [3.63, 3.8) is 0 Å². The summed E-state index contributed by atoms with van der Waals surface area (Å²) in [5.41, 5.74) is 1.06. The van der Waals surface area contributed by atoms with E-state index in [9.17, 15) is 9.59 Å². The third kappa shape index (κ3) is 2.45. The molecule has 22 heavy (non-hydrogen) atoms. The summed E-state index contributed by atoms with van der Waals surface area (Å²) < 4.78 is 0. The van der Waals surface area contributed by atoms with Gasteiger partial charge in [-0.05, 0) is 61.8 Å². The zero-order chi connectivity index (χ0) is 15.9. The second-order valence-electron chi connectivity index (χ2n) is 6.72. The van der Waals surface area contributed by atoms with E-state index >= 15 is 0 Å². The van der Waals surface area contributed by atoms with Gasteiger partial charge in [-0.3, -0.25) is 9.59 Å². The number of carbonyl (C=O) groups is 2. The van der Waals surface area contributed by atoms with Gasteiger partial charge in [0.2, 0.25) is 5.91 Å². The molecule has 1 amide bonds. The van der Waals surface area contributed by atoms with Crippen molar-refractivity contribution in [3.05, 3.63) is 34.3 Å². The van der Waals surface area contributed by atoms with Gasteiger partial charge in [0, 0.05) is 5.02 Å². The van der Waals surface area contributed by atoms with E-state index in [-0.39, 0.29) is 11.7 Å². The summed E-state index contributed by atoms with van der Waals surface area (Å²) in [6.07, 6.45) is 4.72. The van der Waals surface area contributed by atoms with Crippen LogP contribution in [0.2, 0.25) is 5.02 Å². The molecule has 118 valence electrons. The Morgan fingerprint density at radius 1 is 1.27 bits per heavy atom. The highest BCUT2D eigenvalue weighted by Crippen LogP contribution is 2.42. The quantitative estimate of drug-likeness (QED) is 0.843. The van der Waals surface area contributed by atoms with E-state index in [0.717, 1.165) is 43.2 Å². The number of aryl methyl sites for hydroxylation is 1. The molecule has 1 atom stereocenters. The normalized spacial score (nSPS) is 31.6. The van der Waals surface area contributed by atoms with Crippen LogP contribution in [0.3, 0.4) is 0 Å². The zero-order valence-electron chi connectivity index (χ0n) is 13.1. The van der Waals surface area contributed by atoms with Gasteiger partial charge in [0.05, 0.1) is 5.54 Å². The first-order chi connectivity index (χ1) is 10.5. The van der Waals surface area contributed by atoms with Crippen LogP contribution < -0.4 is 5.32 Å². The molecule has 1 heterocycles. The molecule has 0 aromatic heterocycles. The summed E-state index contributed by atoms with van der Waals surface area (Å²) in [6, 6.07) is 5.42. The van der Waals surface area contributed by atoms with E-state index in [1.165, 1.54) is 0 Å². The molecular weight excluding hydrogens is 298 g/mol. The summed E-state index contributed by atoms with van der Waals surface area (Å²) in [6.45, 7) is 4.11. The molecule has 3 nitrogen and oxygen atoms in total. The van der Waals surface area contributed by atoms with E-state index in [4.69, 9.17) is 11.6 Å². The Bertz CT molecular complexity index is 618. The smallest absolute Gasteiger partial charge is 0.235 e. The van der Waals surface area contributed by atoms with Crippen LogP contribution in [0.15, 0.2) is 18.2 Å². The maximum atomic E-state index is 13.0. The van der Waals surface area contributed by atoms with Crippen molar-refractivity contribution >= 4 is 23.3 Å². The summed E-state index contributed by atoms with van der Waals surface area (Å²) >= 11 is 6.06. The molecule has 1 unspecified atom stereocenters. The Hall–Kier alpha value is -1.35. The minimum atomic E-state index is -0.697. The first-order valence-corrected chi connectivity index (χ1v) is 8.47. The number of rotatable bonds is 2. The van der Waals surface area contributed by atoms with Gasteiger partial charge < -0.3 is 5.32 Å². The number of halogens is 1. The molecule has 0 bridgehead atoms. The Morgan fingerprint density at radius 2 is 1.95 bits per heavy atom. The topological polar surface area (TPSA) is 46.2 Å². The lowest BCUT2D eigenvalue weighted by Crippen LogP contribution is -2.49. The van der Waals surface area contributed by atoms with Crippen molar-refractivity contribution < 1.29 is 9.59 Å². The molecule has 1 aliphatic carbocycles. The lowest BCUT2D eigenvalue weighted by Gasteiger charge is -2.35. The molecule has 3 rings (SSSR count). The third-order valence-corrected chi connectivity index (χ3v) is 5.68. The van der Waals surface area contributed by atoms with Gasteiger partial charge in [0.1, 0.15) is 5.92 Å². The minimum absolute atomic E-state index is 0.0393. The lowest BCUT2D eigenvalue weighted by molar-refractivity contribution is -0.126. The van der Waals surface area contributed by atoms with Crippen LogP contribution in [0.4, 0.5) is 0 Å². The van der Waals surface area contributed by atoms with Crippen LogP contribution in [-0.2, 0) is 9.59 Å². The van der Waals surface area contributed by atoms with Crippen molar-refractivity contribution in [2.75, 3.05) is 0 Å². The number of amides is 1. The fourth-order valence-corrected chi connectivity index (χ4v) is 4.10. The highest BCUT2D eigenvalue weighted by molar-refractivity contribution is 6.30. The maximum absolute atomic E-state index is 13.0. The van der Waals surface area contributed by atoms with Crippen LogP contribution in [0.1, 0.15) is 56.1 Å². The van der Waals surface area contributed by atoms with Gasteiger partial charge in [-0.2, -0.15) is 0 Å². The average molecular weight is 320 g/mol. The van der Waals surface area contributed by atoms with Gasteiger partial charge in [0.25, 0.3) is 0 Å². The predicted octanol–water partition coefficient (Wildman–Crippen LogP) is 3.77. The molecule has 0 radical (unpaired) electrons. The maximum Gasteiger partial charge on any atom is 0.235 e. The second kappa shape index (κ2) is 5.69. The average Bonchev–Trinajstić information content (AvgIpc) is 2.74. The summed E-state index contributed by atoms with van der Waals surface area (Å²) in [5, 5.41) is 3.59. The Labute approximate surface area is 136 Å². The molecule has 1 saturated heterocycles. The van der Waals surface area contributed by atoms with Crippen molar-refractivity contribution in [2.24, 2.45) is 5.92 Å². The SMILES string of the molecule is CCC1CCC2(CC1)NC(=O)C(c1cc(Cl)ccc1C)C2=O. The van der Waals surface area contributed by atoms with Gasteiger partial charge >= 0.3 is 0 Å². The number of carbonyl (C=O) groups excluding carboxylic acids is 2. The van der Waals surface area contributed by atoms with Gasteiger partial charge in [-0.25, -0.2) is 0 Å². The number of hydrogen-bond donors (Lipinski definition) is 1. The van der Waals surface area contributed by atoms with Crippen LogP contribution in [0.25, 0.3) is 0 Å². The molecule has 4 heteroatoms. The number of nitrogens with one attached hydrogen (secondary N) is 1. The monoisotopic (exact) mass is 319 g/mol. The predicted molar refractivity (Wildman–Crippen MR) is 87.1 cm³/mol. The Kier molecular flexibility index (Phi) is 4.02. The van der Waals surface area contributed by atoms with E-state index in [2.05, 4.69) is 12.2 Å². The standard InChI is InChI=1S/C18H22ClNO2/c1-3-12-6-8-18(9-7-12)16(21)15(17(22)20-18)14-10-13(19)5-4-11(14)2/h4-5,10,12,15H,3,6-9H2,1-2H3,(H,20,22). The van der Waals surface area contributed by atoms with Gasteiger partial charge in [-0.15, -0.1) is 0 Å². The van der Waals surface area contributed by atoms with Crippen molar-refractivity contribution in [3.8, 4) is 0 Å². The number of hydrogen-bond acceptors (Lipinski definition) is 2. The van der Waals surface area contributed by atoms with Gasteiger partial charge in [-0.1, -0.05) is 31.0 Å². The fourth-order valence-electron chi connectivity index (χ4n) is 3.92. The zero-order valence-corrected chi connectivity index (χ0v) is 13.9. The van der Waals surface area contributed by atoms with E-state index < -0.39 is 11.5 Å². The van der Waals surface area contributed by atoms with Crippen LogP contribution in [0.5, 0.6) is 0 Å². The van der Waals surface area contributed by atoms with Crippen molar-refractivity contribution in [1.82, 2.24) is 5.32 Å². The van der Waals surface area contributed by atoms with Crippen molar-refractivity contribution in [2.45, 2.75) is 57.4 Å². The molecule has 1 aliphatic heterocycles. The van der Waals surface area contributed by atoms with Crippen LogP contribution in [-0.4, -0.2) is 17.2 Å². The van der Waals surface area contributed by atoms with Crippen molar-refractivity contribution in [1.29, 1.82) is 0 Å². The molecule has 1 aromatic carbocycles. The number of Topliss-reactive ketones (excluding diaryl/α,β-unsaturated/α-hetero) is 1. The molecule has 1 spiro atoms. The summed E-state index contributed by atoms with van der Waals surface area (Å²) in [7, 11) is 0. The number of ketones is 1. The fraction of sp³-hybridized carbons (Fsp3) is 0.556. The summed E-state index contributed by atoms with van der Waals surface area (Å²) in [4.78, 5) is 25.5. The van der Waals surface area contributed by atoms with Crippen LogP contribution in [0, 0.1) is 12.8 Å². The first kappa shape index (κ1) is 15.5. The Balaban J connectivity index is 1.91. The molecule has 1 saturated carbocycles. The second-order valence-corrected chi connectivity index (χ2v) is 7.16. The molecule has 2 fully saturated rings. The van der Waals surface area contributed by atoms with E-state index in [1.54, 1.807) is 12.1 Å². The molecule has 2 aliphatic rings. The Morgan fingerprint density at radius 3 is 2.59 bits per heavy atom. The van der Waals surface area contributed by atoms with Crippen LogP contribution >= 0.6 is 11.6 Å². The van der Waals surface area contributed by atoms with E-state index in [1.807, 2.05) is 13.0 Å². The summed E-state index contributed by atoms with van der Waals surface area (Å²) in [5.74, 6) is -0.137. The highest BCUT2D eigenvalue weighted by atomic mass is 35.5. The number of benzene rings is 1. The minimum Gasteiger partial charge on any atom is -0.343 e. The third-order valence-electron chi connectivity index (χ3n) is 5.45. The highest BCUT2D eigenvalue weighted by Gasteiger charge is 2.54. The first-order valence-electron chi connectivity index (χ1n) is 8.09. The molecular formula is C18H22ClNO2. The molecule has 1 aromatic rings. The van der Waals surface area contributed by atoms with Gasteiger partial charge in [0.15, 0.2) is 5.78 Å². The molecule has 1 N–H and O–H groups in total.